The van der Waals surface area contributed by atoms with Gasteiger partial charge in [-0.1, -0.05) is 0 Å². The van der Waals surface area contributed by atoms with Crippen LogP contribution in [0.5, 0.6) is 5.75 Å². The van der Waals surface area contributed by atoms with Crippen molar-refractivity contribution in [2.45, 2.75) is 4.90 Å². The Morgan fingerprint density at radius 1 is 0.955 bits per heavy atom. The quantitative estimate of drug-likeness (QED) is 0.178. The van der Waals surface area contributed by atoms with Gasteiger partial charge >= 0.3 is 5.97 Å². The molecule has 0 atom stereocenters. The van der Waals surface area contributed by atoms with E-state index in [9.17, 15) is 13.2 Å². The number of rotatable bonds is 3. The molecule has 0 bridgehead atoms. The molecule has 0 spiro atoms. The lowest BCUT2D eigenvalue weighted by Gasteiger charge is -2.08. The Labute approximate surface area is 168 Å². The molecule has 0 unspecified atom stereocenters. The minimum Gasteiger partial charge on any atom is -0.423 e. The van der Waals surface area contributed by atoms with Gasteiger partial charge in [0.05, 0.1) is 10.5 Å². The molecule has 9 heteroatoms. The summed E-state index contributed by atoms with van der Waals surface area (Å²) in [5.74, 6) is -0.333. The van der Waals surface area contributed by atoms with Crippen LogP contribution in [-0.4, -0.2) is 18.9 Å². The lowest BCUT2D eigenvalue weighted by Crippen LogP contribution is -2.11. The number of benzene rings is 2. The van der Waals surface area contributed by atoms with E-state index in [1.807, 2.05) is 6.07 Å². The molecule has 2 aromatic rings. The minimum atomic E-state index is -4.26. The Bertz CT molecular complexity index is 831. The van der Waals surface area contributed by atoms with Crippen LogP contribution < -0.4 is 4.74 Å². The first-order valence-electron chi connectivity index (χ1n) is 5.63. The van der Waals surface area contributed by atoms with Crippen LogP contribution in [0.2, 0.25) is 0 Å². The molecule has 0 aliphatic heterocycles. The Morgan fingerprint density at radius 3 is 2.05 bits per heavy atom. The first-order chi connectivity index (χ1) is 10.2. The average Bonchev–Trinajstić information content (AvgIpc) is 2.42. The van der Waals surface area contributed by atoms with Gasteiger partial charge in [0.25, 0.3) is 10.1 Å². The number of halogens is 3. The summed E-state index contributed by atoms with van der Waals surface area (Å²) >= 11 is 6.37. The second-order valence-electron chi connectivity index (χ2n) is 4.08. The zero-order valence-electron chi connectivity index (χ0n) is 10.6. The standard InChI is InChI=1S/C13H7I3O5S/c14-10-6-12(16)11(15)5-9(10)13(17)21-7-1-3-8(4-2-7)22(18,19)20/h1-6H,(H,18,19,20). The van der Waals surface area contributed by atoms with Gasteiger partial charge in [0.15, 0.2) is 0 Å². The van der Waals surface area contributed by atoms with E-state index in [-0.39, 0.29) is 10.6 Å². The molecule has 0 saturated carbocycles. The van der Waals surface area contributed by atoms with Gasteiger partial charge < -0.3 is 4.74 Å². The van der Waals surface area contributed by atoms with Crippen molar-refractivity contribution in [1.82, 2.24) is 0 Å². The number of hydrogen-bond acceptors (Lipinski definition) is 4. The molecule has 116 valence electrons. The maximum absolute atomic E-state index is 12.2. The van der Waals surface area contributed by atoms with Crippen LogP contribution in [0.25, 0.3) is 0 Å². The fourth-order valence-electron chi connectivity index (χ4n) is 1.52. The molecule has 22 heavy (non-hydrogen) atoms. The molecule has 2 rings (SSSR count). The fraction of sp³-hybridized carbons (Fsp3) is 0. The largest absolute Gasteiger partial charge is 0.423 e. The summed E-state index contributed by atoms with van der Waals surface area (Å²) in [6, 6.07) is 8.57. The fourth-order valence-corrected chi connectivity index (χ4v) is 4.22. The summed E-state index contributed by atoms with van der Waals surface area (Å²) < 4.78 is 38.7. The zero-order valence-corrected chi connectivity index (χ0v) is 17.9. The highest BCUT2D eigenvalue weighted by Crippen LogP contribution is 2.24. The lowest BCUT2D eigenvalue weighted by molar-refractivity contribution is 0.0733. The summed E-state index contributed by atoms with van der Waals surface area (Å²) in [5.41, 5.74) is 0.435. The Balaban J connectivity index is 2.24. The van der Waals surface area contributed by atoms with Gasteiger partial charge in [-0.05, 0) is 104 Å². The van der Waals surface area contributed by atoms with Gasteiger partial charge in [0.2, 0.25) is 0 Å². The topological polar surface area (TPSA) is 80.7 Å². The van der Waals surface area contributed by atoms with Gasteiger partial charge in [-0.15, -0.1) is 0 Å². The molecule has 0 aliphatic carbocycles. The molecule has 0 aromatic heterocycles. The molecule has 0 fully saturated rings. The Kier molecular flexibility index (Phi) is 6.07. The molecule has 0 radical (unpaired) electrons. The van der Waals surface area contributed by atoms with E-state index in [1.54, 1.807) is 6.07 Å². The number of carbonyl (C=O) groups is 1. The highest BCUT2D eigenvalue weighted by molar-refractivity contribution is 14.1. The van der Waals surface area contributed by atoms with Crippen LogP contribution in [0.15, 0.2) is 41.3 Å². The van der Waals surface area contributed by atoms with E-state index in [0.717, 1.165) is 10.7 Å². The van der Waals surface area contributed by atoms with Gasteiger partial charge in [0, 0.05) is 10.7 Å². The summed E-state index contributed by atoms with van der Waals surface area (Å²) in [6.45, 7) is 0. The lowest BCUT2D eigenvalue weighted by atomic mass is 10.2. The van der Waals surface area contributed by atoms with Crippen molar-refractivity contribution >= 4 is 83.9 Å². The zero-order chi connectivity index (χ0) is 16.5. The summed E-state index contributed by atoms with van der Waals surface area (Å²) in [5, 5.41) is 0. The van der Waals surface area contributed by atoms with Crippen LogP contribution in [0.3, 0.4) is 0 Å². The van der Waals surface area contributed by atoms with E-state index >= 15 is 0 Å². The average molecular weight is 656 g/mol. The van der Waals surface area contributed by atoms with Crippen molar-refractivity contribution < 1.29 is 22.5 Å². The molecule has 2 aromatic carbocycles. The van der Waals surface area contributed by atoms with E-state index in [1.165, 1.54) is 24.3 Å². The van der Waals surface area contributed by atoms with E-state index < -0.39 is 16.1 Å². The smallest absolute Gasteiger partial charge is 0.344 e. The van der Waals surface area contributed by atoms with Crippen molar-refractivity contribution in [3.05, 3.63) is 52.7 Å². The molecule has 0 heterocycles. The molecule has 0 aliphatic rings. The third-order valence-electron chi connectivity index (χ3n) is 2.56. The monoisotopic (exact) mass is 656 g/mol. The summed E-state index contributed by atoms with van der Waals surface area (Å²) in [6.07, 6.45) is 0. The van der Waals surface area contributed by atoms with Gasteiger partial charge in [-0.25, -0.2) is 4.79 Å². The van der Waals surface area contributed by atoms with Crippen LogP contribution in [0.4, 0.5) is 0 Å². The number of esters is 1. The molecular weight excluding hydrogens is 649 g/mol. The Hall–Kier alpha value is 0.0100. The number of hydrogen-bond donors (Lipinski definition) is 1. The van der Waals surface area contributed by atoms with Crippen LogP contribution in [-0.2, 0) is 10.1 Å². The van der Waals surface area contributed by atoms with Crippen molar-refractivity contribution in [2.75, 3.05) is 0 Å². The maximum atomic E-state index is 12.2. The molecular formula is C13H7I3O5S. The second kappa shape index (κ2) is 7.27. The first kappa shape index (κ1) is 18.4. The normalized spacial score (nSPS) is 11.3. The molecule has 5 nitrogen and oxygen atoms in total. The van der Waals surface area contributed by atoms with E-state index in [0.29, 0.717) is 5.56 Å². The number of ether oxygens (including phenoxy) is 1. The molecule has 0 amide bonds. The highest BCUT2D eigenvalue weighted by Gasteiger charge is 2.16. The van der Waals surface area contributed by atoms with Gasteiger partial charge in [0.1, 0.15) is 5.75 Å². The summed E-state index contributed by atoms with van der Waals surface area (Å²) in [4.78, 5) is 11.9. The third kappa shape index (κ3) is 4.52. The maximum Gasteiger partial charge on any atom is 0.344 e. The van der Waals surface area contributed by atoms with E-state index in [2.05, 4.69) is 67.8 Å². The predicted octanol–water partition coefficient (Wildman–Crippen LogP) is 3.97. The first-order valence-corrected chi connectivity index (χ1v) is 10.3. The minimum absolute atomic E-state index is 0.196. The second-order valence-corrected chi connectivity index (χ2v) is 8.99. The van der Waals surface area contributed by atoms with E-state index in [4.69, 9.17) is 9.29 Å². The van der Waals surface area contributed by atoms with Crippen molar-refractivity contribution in [2.24, 2.45) is 0 Å². The van der Waals surface area contributed by atoms with Crippen LogP contribution >= 0.6 is 67.8 Å². The van der Waals surface area contributed by atoms with Crippen molar-refractivity contribution in [3.8, 4) is 5.75 Å². The SMILES string of the molecule is O=C(Oc1ccc(S(=O)(=O)O)cc1)c1cc(I)c(I)cc1I. The van der Waals surface area contributed by atoms with Gasteiger partial charge in [-0.3, -0.25) is 4.55 Å². The van der Waals surface area contributed by atoms with Crippen LogP contribution in [0.1, 0.15) is 10.4 Å². The number of carbonyl (C=O) groups excluding carboxylic acids is 1. The van der Waals surface area contributed by atoms with Gasteiger partial charge in [-0.2, -0.15) is 8.42 Å². The Morgan fingerprint density at radius 2 is 1.50 bits per heavy atom. The highest BCUT2D eigenvalue weighted by atomic mass is 127. The third-order valence-corrected chi connectivity index (χ3v) is 7.14. The molecule has 0 saturated heterocycles. The summed E-state index contributed by atoms with van der Waals surface area (Å²) in [7, 11) is -4.26. The van der Waals surface area contributed by atoms with Crippen LogP contribution in [0, 0.1) is 10.7 Å². The molecule has 1 N–H and O–H groups in total. The van der Waals surface area contributed by atoms with Crippen molar-refractivity contribution in [3.63, 3.8) is 0 Å². The predicted molar refractivity (Wildman–Crippen MR) is 106 cm³/mol. The van der Waals surface area contributed by atoms with Crippen molar-refractivity contribution in [1.29, 1.82) is 0 Å².